The molecule has 2 amide bonds. The summed E-state index contributed by atoms with van der Waals surface area (Å²) in [4.78, 5) is 35.3. The number of Topliss-reactive ketones (excluding diaryl/α,β-unsaturated/α-hetero) is 1. The van der Waals surface area contributed by atoms with Gasteiger partial charge in [-0.05, 0) is 42.7 Å². The highest BCUT2D eigenvalue weighted by Gasteiger charge is 2.11. The van der Waals surface area contributed by atoms with Crippen LogP contribution in [0, 0.1) is 13.8 Å². The number of hydrogen-bond donors (Lipinski definition) is 2. The van der Waals surface area contributed by atoms with E-state index < -0.39 is 0 Å². The molecule has 0 radical (unpaired) electrons. The largest absolute Gasteiger partial charge is 0.356 e. The zero-order chi connectivity index (χ0) is 19.1. The summed E-state index contributed by atoms with van der Waals surface area (Å²) in [6.07, 6.45) is 0.508. The Balaban J connectivity index is 2.01. The normalized spacial score (nSPS) is 10.3. The van der Waals surface area contributed by atoms with E-state index in [1.54, 1.807) is 24.3 Å². The second kappa shape index (κ2) is 8.94. The van der Waals surface area contributed by atoms with Crippen molar-refractivity contribution in [1.29, 1.82) is 0 Å². The Kier molecular flexibility index (Phi) is 6.67. The van der Waals surface area contributed by atoms with Crippen LogP contribution in [0.1, 0.15) is 40.4 Å². The first-order valence-electron chi connectivity index (χ1n) is 8.59. The highest BCUT2D eigenvalue weighted by atomic mass is 16.2. The van der Waals surface area contributed by atoms with Crippen molar-refractivity contribution in [3.63, 3.8) is 0 Å². The molecule has 0 unspecified atom stereocenters. The van der Waals surface area contributed by atoms with Gasteiger partial charge in [-0.3, -0.25) is 14.4 Å². The lowest BCUT2D eigenvalue weighted by Gasteiger charge is -2.10. The molecule has 2 aromatic rings. The van der Waals surface area contributed by atoms with Crippen LogP contribution in [0.15, 0.2) is 42.5 Å². The molecular weight excluding hydrogens is 328 g/mol. The SMILES string of the molecule is CC(=O)NCCC(=O)Nc1cccc(C(=O)Cc2cccc(C)c2C)c1. The van der Waals surface area contributed by atoms with E-state index in [1.165, 1.54) is 6.92 Å². The smallest absolute Gasteiger partial charge is 0.226 e. The summed E-state index contributed by atoms with van der Waals surface area (Å²) in [6, 6.07) is 12.9. The van der Waals surface area contributed by atoms with E-state index in [4.69, 9.17) is 0 Å². The van der Waals surface area contributed by atoms with Gasteiger partial charge in [0.25, 0.3) is 0 Å². The summed E-state index contributed by atoms with van der Waals surface area (Å²) in [6.45, 7) is 5.74. The number of benzene rings is 2. The molecule has 5 nitrogen and oxygen atoms in total. The number of amides is 2. The average Bonchev–Trinajstić information content (AvgIpc) is 2.59. The van der Waals surface area contributed by atoms with Gasteiger partial charge in [0.05, 0.1) is 0 Å². The predicted octanol–water partition coefficient (Wildman–Crippen LogP) is 3.19. The zero-order valence-corrected chi connectivity index (χ0v) is 15.4. The summed E-state index contributed by atoms with van der Waals surface area (Å²) >= 11 is 0. The molecule has 0 aromatic heterocycles. The second-order valence-corrected chi connectivity index (χ2v) is 6.32. The fraction of sp³-hybridized carbons (Fsp3) is 0.286. The maximum atomic E-state index is 12.6. The topological polar surface area (TPSA) is 75.3 Å². The molecule has 0 bridgehead atoms. The maximum absolute atomic E-state index is 12.6. The number of hydrogen-bond acceptors (Lipinski definition) is 3. The van der Waals surface area contributed by atoms with Crippen LogP contribution in [0.4, 0.5) is 5.69 Å². The van der Waals surface area contributed by atoms with Gasteiger partial charge in [-0.1, -0.05) is 30.3 Å². The van der Waals surface area contributed by atoms with Crippen LogP contribution in [0.3, 0.4) is 0 Å². The average molecular weight is 352 g/mol. The Labute approximate surface area is 153 Å². The molecule has 136 valence electrons. The highest BCUT2D eigenvalue weighted by Crippen LogP contribution is 2.17. The van der Waals surface area contributed by atoms with E-state index in [-0.39, 0.29) is 30.6 Å². The van der Waals surface area contributed by atoms with E-state index in [0.717, 1.165) is 16.7 Å². The van der Waals surface area contributed by atoms with Crippen molar-refractivity contribution in [1.82, 2.24) is 5.32 Å². The third kappa shape index (κ3) is 5.55. The van der Waals surface area contributed by atoms with Crippen molar-refractivity contribution in [2.75, 3.05) is 11.9 Å². The molecule has 0 atom stereocenters. The predicted molar refractivity (Wildman–Crippen MR) is 102 cm³/mol. The van der Waals surface area contributed by atoms with Crippen molar-refractivity contribution < 1.29 is 14.4 Å². The molecule has 0 aliphatic rings. The summed E-state index contributed by atoms with van der Waals surface area (Å²) in [5, 5.41) is 5.33. The van der Waals surface area contributed by atoms with Gasteiger partial charge in [0, 0.05) is 37.6 Å². The van der Waals surface area contributed by atoms with Crippen LogP contribution in [0.25, 0.3) is 0 Å². The number of nitrogens with one attached hydrogen (secondary N) is 2. The number of aryl methyl sites for hydroxylation is 1. The van der Waals surface area contributed by atoms with Crippen LogP contribution >= 0.6 is 0 Å². The molecule has 2 N–H and O–H groups in total. The minimum absolute atomic E-state index is 0.00745. The summed E-state index contributed by atoms with van der Waals surface area (Å²) in [5.41, 5.74) is 4.44. The molecule has 5 heteroatoms. The van der Waals surface area contributed by atoms with Gasteiger partial charge in [0.15, 0.2) is 5.78 Å². The van der Waals surface area contributed by atoms with Gasteiger partial charge in [0.1, 0.15) is 0 Å². The van der Waals surface area contributed by atoms with E-state index in [0.29, 0.717) is 17.7 Å². The molecule has 0 fully saturated rings. The van der Waals surface area contributed by atoms with Crippen LogP contribution in [0.2, 0.25) is 0 Å². The monoisotopic (exact) mass is 352 g/mol. The fourth-order valence-corrected chi connectivity index (χ4v) is 2.62. The lowest BCUT2D eigenvalue weighted by Crippen LogP contribution is -2.25. The molecule has 26 heavy (non-hydrogen) atoms. The molecule has 0 spiro atoms. The Morgan fingerprint density at radius 1 is 1.00 bits per heavy atom. The first-order chi connectivity index (χ1) is 12.4. The molecule has 0 saturated heterocycles. The molecule has 0 aliphatic carbocycles. The minimum atomic E-state index is -0.210. The molecule has 0 aliphatic heterocycles. The Hall–Kier alpha value is -2.95. The highest BCUT2D eigenvalue weighted by molar-refractivity contribution is 5.99. The second-order valence-electron chi connectivity index (χ2n) is 6.32. The van der Waals surface area contributed by atoms with Crippen molar-refractivity contribution in [2.24, 2.45) is 0 Å². The van der Waals surface area contributed by atoms with E-state index in [9.17, 15) is 14.4 Å². The lowest BCUT2D eigenvalue weighted by molar-refractivity contribution is -0.119. The third-order valence-corrected chi connectivity index (χ3v) is 4.26. The van der Waals surface area contributed by atoms with E-state index in [2.05, 4.69) is 10.6 Å². The molecule has 2 rings (SSSR count). The molecular formula is C21H24N2O3. The van der Waals surface area contributed by atoms with Gasteiger partial charge < -0.3 is 10.6 Å². The van der Waals surface area contributed by atoms with E-state index in [1.807, 2.05) is 32.0 Å². The van der Waals surface area contributed by atoms with Gasteiger partial charge in [-0.15, -0.1) is 0 Å². The summed E-state index contributed by atoms with van der Waals surface area (Å²) in [7, 11) is 0. The lowest BCUT2D eigenvalue weighted by atomic mass is 9.96. The van der Waals surface area contributed by atoms with Crippen LogP contribution < -0.4 is 10.6 Å². The van der Waals surface area contributed by atoms with Crippen molar-refractivity contribution in [2.45, 2.75) is 33.6 Å². The van der Waals surface area contributed by atoms with Gasteiger partial charge in [-0.25, -0.2) is 0 Å². The number of carbonyl (C=O) groups excluding carboxylic acids is 3. The first kappa shape index (κ1) is 19.4. The number of rotatable bonds is 7. The number of carbonyl (C=O) groups is 3. The Morgan fingerprint density at radius 2 is 1.73 bits per heavy atom. The standard InChI is InChI=1S/C21H24N2O3/c1-14-6-4-7-17(15(14)2)13-20(25)18-8-5-9-19(12-18)23-21(26)10-11-22-16(3)24/h4-9,12H,10-11,13H2,1-3H3,(H,22,24)(H,23,26). The zero-order valence-electron chi connectivity index (χ0n) is 15.4. The molecule has 2 aromatic carbocycles. The maximum Gasteiger partial charge on any atom is 0.226 e. The van der Waals surface area contributed by atoms with Gasteiger partial charge in [0.2, 0.25) is 11.8 Å². The van der Waals surface area contributed by atoms with Gasteiger partial charge >= 0.3 is 0 Å². The number of anilines is 1. The summed E-state index contributed by atoms with van der Waals surface area (Å²) < 4.78 is 0. The van der Waals surface area contributed by atoms with Gasteiger partial charge in [-0.2, -0.15) is 0 Å². The van der Waals surface area contributed by atoms with Crippen LogP contribution in [-0.4, -0.2) is 24.1 Å². The van der Waals surface area contributed by atoms with Crippen LogP contribution in [-0.2, 0) is 16.0 Å². The van der Waals surface area contributed by atoms with Crippen molar-refractivity contribution in [3.8, 4) is 0 Å². The van der Waals surface area contributed by atoms with Crippen molar-refractivity contribution in [3.05, 3.63) is 64.7 Å². The quantitative estimate of drug-likeness (QED) is 0.752. The first-order valence-corrected chi connectivity index (χ1v) is 8.59. The summed E-state index contributed by atoms with van der Waals surface area (Å²) in [5.74, 6) is -0.372. The fourth-order valence-electron chi connectivity index (χ4n) is 2.62. The molecule has 0 heterocycles. The van der Waals surface area contributed by atoms with Crippen molar-refractivity contribution >= 4 is 23.3 Å². The third-order valence-electron chi connectivity index (χ3n) is 4.26. The molecule has 0 saturated carbocycles. The Morgan fingerprint density at radius 3 is 2.46 bits per heavy atom. The van der Waals surface area contributed by atoms with Crippen LogP contribution in [0.5, 0.6) is 0 Å². The minimum Gasteiger partial charge on any atom is -0.356 e. The Bertz CT molecular complexity index is 828. The van der Waals surface area contributed by atoms with E-state index >= 15 is 0 Å². The number of ketones is 1.